The Labute approximate surface area is 131 Å². The summed E-state index contributed by atoms with van der Waals surface area (Å²) in [6, 6.07) is 5.53. The first-order valence-electron chi connectivity index (χ1n) is 6.41. The van der Waals surface area contributed by atoms with Crippen LogP contribution in [-0.2, 0) is 9.53 Å². The van der Waals surface area contributed by atoms with Crippen LogP contribution in [0.15, 0.2) is 29.0 Å². The molecule has 1 heterocycles. The number of ether oxygens (including phenoxy) is 2. The molecule has 1 aromatic heterocycles. The molecule has 0 aliphatic heterocycles. The Balaban J connectivity index is 2.03. The van der Waals surface area contributed by atoms with E-state index in [0.717, 1.165) is 15.4 Å². The van der Waals surface area contributed by atoms with Crippen LogP contribution in [0.5, 0.6) is 5.88 Å². The molecule has 6 nitrogen and oxygen atoms in total. The van der Waals surface area contributed by atoms with Crippen LogP contribution in [0, 0.1) is 0 Å². The van der Waals surface area contributed by atoms with Crippen LogP contribution < -0.4 is 10.1 Å². The van der Waals surface area contributed by atoms with Gasteiger partial charge in [-0.3, -0.25) is 4.79 Å². The predicted octanol–water partition coefficient (Wildman–Crippen LogP) is 1.92. The first kappa shape index (κ1) is 15.7. The van der Waals surface area contributed by atoms with Crippen LogP contribution in [0.1, 0.15) is 6.92 Å². The molecule has 0 radical (unpaired) electrons. The maximum absolute atomic E-state index is 11.8. The molecule has 21 heavy (non-hydrogen) atoms. The Morgan fingerprint density at radius 3 is 3.00 bits per heavy atom. The number of benzene rings is 1. The number of methoxy groups -OCH3 is 1. The van der Waals surface area contributed by atoms with Crippen molar-refractivity contribution in [1.29, 1.82) is 0 Å². The van der Waals surface area contributed by atoms with E-state index in [1.807, 2.05) is 25.1 Å². The zero-order chi connectivity index (χ0) is 15.2. The van der Waals surface area contributed by atoms with Crippen LogP contribution in [0.4, 0.5) is 0 Å². The summed E-state index contributed by atoms with van der Waals surface area (Å²) in [5, 5.41) is 3.52. The second-order valence-electron chi connectivity index (χ2n) is 4.55. The fraction of sp³-hybridized carbons (Fsp3) is 0.357. The molecule has 2 rings (SSSR count). The molecule has 1 atom stereocenters. The van der Waals surface area contributed by atoms with Crippen molar-refractivity contribution in [2.24, 2.45) is 0 Å². The lowest BCUT2D eigenvalue weighted by Crippen LogP contribution is -2.38. The maximum Gasteiger partial charge on any atom is 0.258 e. The maximum atomic E-state index is 11.8. The normalized spacial score (nSPS) is 12.1. The molecule has 0 fully saturated rings. The molecule has 1 unspecified atom stereocenters. The number of rotatable bonds is 6. The summed E-state index contributed by atoms with van der Waals surface area (Å²) >= 11 is 3.39. The van der Waals surface area contributed by atoms with E-state index in [2.05, 4.69) is 31.2 Å². The molecule has 1 amide bonds. The van der Waals surface area contributed by atoms with Crippen molar-refractivity contribution in [3.8, 4) is 5.88 Å². The van der Waals surface area contributed by atoms with Gasteiger partial charge < -0.3 is 14.8 Å². The first-order valence-corrected chi connectivity index (χ1v) is 7.21. The fourth-order valence-electron chi connectivity index (χ4n) is 1.86. The van der Waals surface area contributed by atoms with Gasteiger partial charge in [-0.15, -0.1) is 0 Å². The SMILES string of the molecule is COCC(C)NC(=O)COc1ncnc2ccc(Br)cc12. The fourth-order valence-corrected chi connectivity index (χ4v) is 2.22. The molecule has 0 spiro atoms. The molecule has 0 saturated heterocycles. The van der Waals surface area contributed by atoms with Crippen molar-refractivity contribution < 1.29 is 14.3 Å². The quantitative estimate of drug-likeness (QED) is 0.858. The van der Waals surface area contributed by atoms with E-state index in [0.29, 0.717) is 12.5 Å². The minimum absolute atomic E-state index is 0.0672. The zero-order valence-corrected chi connectivity index (χ0v) is 13.4. The van der Waals surface area contributed by atoms with E-state index in [9.17, 15) is 4.79 Å². The molecular formula is C14H16BrN3O3. The Morgan fingerprint density at radius 2 is 2.24 bits per heavy atom. The van der Waals surface area contributed by atoms with Gasteiger partial charge in [-0.05, 0) is 25.1 Å². The summed E-state index contributed by atoms with van der Waals surface area (Å²) in [5.41, 5.74) is 0.761. The standard InChI is InChI=1S/C14H16BrN3O3/c1-9(6-20-2)18-13(19)7-21-14-11-5-10(15)3-4-12(11)16-8-17-14/h3-5,8-9H,6-7H2,1-2H3,(H,18,19). The highest BCUT2D eigenvalue weighted by atomic mass is 79.9. The van der Waals surface area contributed by atoms with Gasteiger partial charge in [0.1, 0.15) is 6.33 Å². The van der Waals surface area contributed by atoms with E-state index in [1.165, 1.54) is 6.33 Å². The smallest absolute Gasteiger partial charge is 0.258 e. The number of carbonyl (C=O) groups is 1. The molecule has 2 aromatic rings. The van der Waals surface area contributed by atoms with Gasteiger partial charge in [0.2, 0.25) is 5.88 Å². The topological polar surface area (TPSA) is 73.3 Å². The van der Waals surface area contributed by atoms with Crippen LogP contribution in [-0.4, -0.2) is 42.2 Å². The van der Waals surface area contributed by atoms with Crippen LogP contribution in [0.3, 0.4) is 0 Å². The van der Waals surface area contributed by atoms with Gasteiger partial charge in [-0.25, -0.2) is 9.97 Å². The zero-order valence-electron chi connectivity index (χ0n) is 11.8. The Morgan fingerprint density at radius 1 is 1.43 bits per heavy atom. The number of hydrogen-bond donors (Lipinski definition) is 1. The third kappa shape index (κ3) is 4.37. The van der Waals surface area contributed by atoms with E-state index < -0.39 is 0 Å². The number of fused-ring (bicyclic) bond motifs is 1. The average molecular weight is 354 g/mol. The van der Waals surface area contributed by atoms with E-state index in [-0.39, 0.29) is 18.6 Å². The monoisotopic (exact) mass is 353 g/mol. The number of amides is 1. The number of carbonyl (C=O) groups excluding carboxylic acids is 1. The summed E-state index contributed by atoms with van der Waals surface area (Å²) in [7, 11) is 1.59. The third-order valence-corrected chi connectivity index (χ3v) is 3.22. The lowest BCUT2D eigenvalue weighted by atomic mass is 10.2. The minimum Gasteiger partial charge on any atom is -0.467 e. The molecular weight excluding hydrogens is 338 g/mol. The summed E-state index contributed by atoms with van der Waals surface area (Å²) in [6.45, 7) is 2.21. The molecule has 1 aromatic carbocycles. The molecule has 112 valence electrons. The second-order valence-corrected chi connectivity index (χ2v) is 5.47. The Hall–Kier alpha value is -1.73. The van der Waals surface area contributed by atoms with E-state index in [1.54, 1.807) is 7.11 Å². The van der Waals surface area contributed by atoms with Crippen molar-refractivity contribution in [3.05, 3.63) is 29.0 Å². The summed E-state index contributed by atoms with van der Waals surface area (Å²) in [4.78, 5) is 20.0. The Bertz CT molecular complexity index is 636. The van der Waals surface area contributed by atoms with Gasteiger partial charge in [-0.2, -0.15) is 0 Å². The van der Waals surface area contributed by atoms with Crippen molar-refractivity contribution in [2.45, 2.75) is 13.0 Å². The van der Waals surface area contributed by atoms with Crippen LogP contribution in [0.25, 0.3) is 10.9 Å². The van der Waals surface area contributed by atoms with E-state index in [4.69, 9.17) is 9.47 Å². The van der Waals surface area contributed by atoms with Crippen molar-refractivity contribution in [1.82, 2.24) is 15.3 Å². The largest absolute Gasteiger partial charge is 0.467 e. The molecule has 1 N–H and O–H groups in total. The van der Waals surface area contributed by atoms with Crippen LogP contribution >= 0.6 is 15.9 Å². The second kappa shape index (κ2) is 7.33. The summed E-state index contributed by atoms with van der Waals surface area (Å²) in [6.07, 6.45) is 1.41. The third-order valence-electron chi connectivity index (χ3n) is 2.72. The number of nitrogens with zero attached hydrogens (tertiary/aromatic N) is 2. The van der Waals surface area contributed by atoms with Crippen LogP contribution in [0.2, 0.25) is 0 Å². The molecule has 0 aliphatic carbocycles. The lowest BCUT2D eigenvalue weighted by molar-refractivity contribution is -0.124. The number of aromatic nitrogens is 2. The van der Waals surface area contributed by atoms with Crippen molar-refractivity contribution >= 4 is 32.7 Å². The first-order chi connectivity index (χ1) is 10.1. The lowest BCUT2D eigenvalue weighted by Gasteiger charge is -2.13. The van der Waals surface area contributed by atoms with Gasteiger partial charge in [-0.1, -0.05) is 15.9 Å². The number of halogens is 1. The number of nitrogens with one attached hydrogen (secondary N) is 1. The van der Waals surface area contributed by atoms with Gasteiger partial charge >= 0.3 is 0 Å². The van der Waals surface area contributed by atoms with Gasteiger partial charge in [0, 0.05) is 17.6 Å². The van der Waals surface area contributed by atoms with Crippen molar-refractivity contribution in [2.75, 3.05) is 20.3 Å². The van der Waals surface area contributed by atoms with Gasteiger partial charge in [0.05, 0.1) is 17.5 Å². The molecule has 0 aliphatic rings. The molecule has 0 saturated carbocycles. The van der Waals surface area contributed by atoms with Gasteiger partial charge in [0.25, 0.3) is 5.91 Å². The molecule has 0 bridgehead atoms. The minimum atomic E-state index is -0.221. The van der Waals surface area contributed by atoms with E-state index >= 15 is 0 Å². The van der Waals surface area contributed by atoms with Crippen molar-refractivity contribution in [3.63, 3.8) is 0 Å². The highest BCUT2D eigenvalue weighted by Crippen LogP contribution is 2.24. The average Bonchev–Trinajstić information content (AvgIpc) is 2.45. The highest BCUT2D eigenvalue weighted by Gasteiger charge is 2.10. The Kier molecular flexibility index (Phi) is 5.46. The van der Waals surface area contributed by atoms with Gasteiger partial charge in [0.15, 0.2) is 6.61 Å². The summed E-state index contributed by atoms with van der Waals surface area (Å²) in [5.74, 6) is 0.164. The predicted molar refractivity (Wildman–Crippen MR) is 82.2 cm³/mol. The number of hydrogen-bond acceptors (Lipinski definition) is 5. The summed E-state index contributed by atoms with van der Waals surface area (Å²) < 4.78 is 11.3. The molecule has 7 heteroatoms. The highest BCUT2D eigenvalue weighted by molar-refractivity contribution is 9.10.